The van der Waals surface area contributed by atoms with Gasteiger partial charge in [-0.1, -0.05) is 12.1 Å². The molecular weight excluding hydrogens is 254 g/mol. The minimum Gasteiger partial charge on any atom is -0.367 e. The van der Waals surface area contributed by atoms with Crippen LogP contribution < -0.4 is 5.73 Å². The van der Waals surface area contributed by atoms with Crippen LogP contribution in [0.4, 0.5) is 0 Å². The van der Waals surface area contributed by atoms with E-state index >= 15 is 0 Å². The van der Waals surface area contributed by atoms with E-state index in [1.807, 2.05) is 6.92 Å². The first-order valence-electron chi connectivity index (χ1n) is 7.85. The Balaban J connectivity index is 1.84. The average molecular weight is 279 g/mol. The van der Waals surface area contributed by atoms with Gasteiger partial charge in [-0.05, 0) is 57.8 Å². The second-order valence-corrected chi connectivity index (χ2v) is 6.54. The van der Waals surface area contributed by atoms with Gasteiger partial charge in [0.1, 0.15) is 5.60 Å². The van der Waals surface area contributed by atoms with E-state index in [4.69, 9.17) is 15.0 Å². The molecule has 0 atom stereocenters. The third kappa shape index (κ3) is 2.27. The lowest BCUT2D eigenvalue weighted by atomic mass is 9.77. The van der Waals surface area contributed by atoms with E-state index < -0.39 is 0 Å². The Bertz CT molecular complexity index is 459. The third-order valence-electron chi connectivity index (χ3n) is 5.01. The highest BCUT2D eigenvalue weighted by atomic mass is 16.5. The van der Waals surface area contributed by atoms with Crippen molar-refractivity contribution in [3.05, 3.63) is 11.7 Å². The van der Waals surface area contributed by atoms with Gasteiger partial charge in [0.2, 0.25) is 11.7 Å². The number of aromatic nitrogens is 2. The molecule has 0 aromatic carbocycles. The maximum atomic E-state index is 6.27. The van der Waals surface area contributed by atoms with Crippen molar-refractivity contribution in [3.8, 4) is 0 Å². The molecule has 3 rings (SSSR count). The zero-order chi connectivity index (χ0) is 14.2. The Morgan fingerprint density at radius 1 is 1.30 bits per heavy atom. The van der Waals surface area contributed by atoms with E-state index in [0.29, 0.717) is 18.3 Å². The van der Waals surface area contributed by atoms with Gasteiger partial charge in [-0.2, -0.15) is 4.98 Å². The first-order valence-corrected chi connectivity index (χ1v) is 7.85. The molecule has 1 aromatic rings. The molecule has 2 aliphatic rings. The summed E-state index contributed by atoms with van der Waals surface area (Å²) in [5.74, 6) is 2.05. The van der Waals surface area contributed by atoms with Crippen molar-refractivity contribution >= 4 is 0 Å². The Hall–Kier alpha value is -0.940. The molecule has 2 fully saturated rings. The number of hydrogen-bond acceptors (Lipinski definition) is 5. The van der Waals surface area contributed by atoms with Crippen molar-refractivity contribution in [2.45, 2.75) is 69.9 Å². The highest BCUT2D eigenvalue weighted by Crippen LogP contribution is 2.43. The number of nitrogens with two attached hydrogens (primary N) is 1. The Kier molecular flexibility index (Phi) is 3.58. The summed E-state index contributed by atoms with van der Waals surface area (Å²) >= 11 is 0. The van der Waals surface area contributed by atoms with E-state index in [1.54, 1.807) is 0 Å². The van der Waals surface area contributed by atoms with Crippen molar-refractivity contribution in [1.29, 1.82) is 0 Å². The molecule has 5 nitrogen and oxygen atoms in total. The topological polar surface area (TPSA) is 74.2 Å². The van der Waals surface area contributed by atoms with E-state index in [1.165, 1.54) is 0 Å². The molecule has 0 spiro atoms. The minimum atomic E-state index is -0.388. The van der Waals surface area contributed by atoms with E-state index in [2.05, 4.69) is 17.1 Å². The van der Waals surface area contributed by atoms with Crippen LogP contribution in [0.25, 0.3) is 0 Å². The van der Waals surface area contributed by atoms with E-state index in [9.17, 15) is 0 Å². The van der Waals surface area contributed by atoms with Gasteiger partial charge in [-0.3, -0.25) is 0 Å². The maximum Gasteiger partial charge on any atom is 0.246 e. The second-order valence-electron chi connectivity index (χ2n) is 6.54. The zero-order valence-electron chi connectivity index (χ0n) is 12.5. The average Bonchev–Trinajstić information content (AvgIpc) is 2.90. The number of rotatable bonds is 4. The summed E-state index contributed by atoms with van der Waals surface area (Å²) in [6.45, 7) is 4.99. The van der Waals surface area contributed by atoms with Crippen LogP contribution in [0.1, 0.15) is 70.5 Å². The van der Waals surface area contributed by atoms with Gasteiger partial charge in [0, 0.05) is 6.61 Å². The summed E-state index contributed by atoms with van der Waals surface area (Å²) < 4.78 is 11.5. The Labute approximate surface area is 120 Å². The van der Waals surface area contributed by atoms with Crippen molar-refractivity contribution < 1.29 is 9.26 Å². The predicted octanol–water partition coefficient (Wildman–Crippen LogP) is 2.85. The highest BCUT2D eigenvalue weighted by molar-refractivity contribution is 5.11. The molecule has 0 amide bonds. The molecule has 2 N–H and O–H groups in total. The molecule has 0 aliphatic heterocycles. The monoisotopic (exact) mass is 279 g/mol. The van der Waals surface area contributed by atoms with Crippen LogP contribution in [0.15, 0.2) is 4.52 Å². The van der Waals surface area contributed by atoms with Crippen molar-refractivity contribution in [2.24, 2.45) is 11.7 Å². The summed E-state index contributed by atoms with van der Waals surface area (Å²) in [6.07, 6.45) is 7.26. The molecule has 5 heteroatoms. The first kappa shape index (κ1) is 14.0. The summed E-state index contributed by atoms with van der Waals surface area (Å²) in [6, 6.07) is 0. The molecular formula is C15H25N3O2. The second kappa shape index (κ2) is 5.11. The normalized spacial score (nSPS) is 32.9. The van der Waals surface area contributed by atoms with Gasteiger partial charge >= 0.3 is 0 Å². The van der Waals surface area contributed by atoms with Gasteiger partial charge in [0.15, 0.2) is 0 Å². The molecule has 1 heterocycles. The fourth-order valence-corrected chi connectivity index (χ4v) is 3.32. The van der Waals surface area contributed by atoms with Crippen LogP contribution in [0, 0.1) is 5.92 Å². The zero-order valence-corrected chi connectivity index (χ0v) is 12.5. The van der Waals surface area contributed by atoms with Crippen molar-refractivity contribution in [3.63, 3.8) is 0 Å². The smallest absolute Gasteiger partial charge is 0.246 e. The molecule has 2 aliphatic carbocycles. The predicted molar refractivity (Wildman–Crippen MR) is 75.0 cm³/mol. The van der Waals surface area contributed by atoms with E-state index in [0.717, 1.165) is 50.9 Å². The molecule has 0 saturated heterocycles. The van der Waals surface area contributed by atoms with Gasteiger partial charge in [0.25, 0.3) is 0 Å². The van der Waals surface area contributed by atoms with Crippen molar-refractivity contribution in [1.82, 2.24) is 10.1 Å². The fraction of sp³-hybridized carbons (Fsp3) is 0.867. The lowest BCUT2D eigenvalue weighted by Gasteiger charge is -2.37. The fourth-order valence-electron chi connectivity index (χ4n) is 3.32. The molecule has 0 radical (unpaired) electrons. The van der Waals surface area contributed by atoms with Gasteiger partial charge < -0.3 is 15.0 Å². The molecule has 0 unspecified atom stereocenters. The van der Waals surface area contributed by atoms with E-state index in [-0.39, 0.29) is 11.1 Å². The SMILES string of the molecule is CCOC1(c2noc(C3(N)CCC3)n2)CCC(C)CC1. The van der Waals surface area contributed by atoms with Crippen LogP contribution in [-0.2, 0) is 15.9 Å². The third-order valence-corrected chi connectivity index (χ3v) is 5.01. The molecule has 20 heavy (non-hydrogen) atoms. The molecule has 2 saturated carbocycles. The Morgan fingerprint density at radius 2 is 2.00 bits per heavy atom. The van der Waals surface area contributed by atoms with Gasteiger partial charge in [0.05, 0.1) is 5.54 Å². The largest absolute Gasteiger partial charge is 0.367 e. The Morgan fingerprint density at radius 3 is 2.55 bits per heavy atom. The van der Waals surface area contributed by atoms with Crippen LogP contribution >= 0.6 is 0 Å². The number of nitrogens with zero attached hydrogens (tertiary/aromatic N) is 2. The standard InChI is InChI=1S/C15H25N3O2/c1-3-19-15(9-5-11(2)6-10-15)12-17-13(20-18-12)14(16)7-4-8-14/h11H,3-10,16H2,1-2H3. The van der Waals surface area contributed by atoms with Crippen LogP contribution in [-0.4, -0.2) is 16.7 Å². The summed E-state index contributed by atoms with van der Waals surface area (Å²) in [7, 11) is 0. The van der Waals surface area contributed by atoms with Crippen LogP contribution in [0.2, 0.25) is 0 Å². The van der Waals surface area contributed by atoms with Gasteiger partial charge in [-0.25, -0.2) is 0 Å². The van der Waals surface area contributed by atoms with Gasteiger partial charge in [-0.15, -0.1) is 0 Å². The number of ether oxygens (including phenoxy) is 1. The summed E-state index contributed by atoms with van der Waals surface area (Å²) in [4.78, 5) is 4.62. The van der Waals surface area contributed by atoms with Crippen LogP contribution in [0.3, 0.4) is 0 Å². The number of hydrogen-bond donors (Lipinski definition) is 1. The first-order chi connectivity index (χ1) is 9.58. The van der Waals surface area contributed by atoms with Crippen molar-refractivity contribution in [2.75, 3.05) is 6.61 Å². The lowest BCUT2D eigenvalue weighted by Crippen LogP contribution is -2.44. The highest BCUT2D eigenvalue weighted by Gasteiger charge is 2.44. The summed E-state index contributed by atoms with van der Waals surface area (Å²) in [5, 5.41) is 4.21. The molecule has 1 aromatic heterocycles. The minimum absolute atomic E-state index is 0.358. The molecule has 112 valence electrons. The van der Waals surface area contributed by atoms with Crippen LogP contribution in [0.5, 0.6) is 0 Å². The molecule has 0 bridgehead atoms. The quantitative estimate of drug-likeness (QED) is 0.917. The maximum absolute atomic E-state index is 6.27. The summed E-state index contributed by atoms with van der Waals surface area (Å²) in [5.41, 5.74) is 5.52. The lowest BCUT2D eigenvalue weighted by molar-refractivity contribution is -0.0847.